The van der Waals surface area contributed by atoms with Gasteiger partial charge in [0.15, 0.2) is 0 Å². The van der Waals surface area contributed by atoms with Gasteiger partial charge in [-0.15, -0.1) is 0 Å². The number of carbonyl (C=O) groups excluding carboxylic acids is 1. The van der Waals surface area contributed by atoms with Crippen LogP contribution in [-0.4, -0.2) is 36.7 Å². The van der Waals surface area contributed by atoms with Crippen molar-refractivity contribution in [3.8, 4) is 0 Å². The third kappa shape index (κ3) is 9.42. The van der Waals surface area contributed by atoms with Crippen molar-refractivity contribution in [3.63, 3.8) is 0 Å². The van der Waals surface area contributed by atoms with Gasteiger partial charge in [0, 0.05) is 31.7 Å². The zero-order valence-corrected chi connectivity index (χ0v) is 13.0. The van der Waals surface area contributed by atoms with E-state index in [1.807, 2.05) is 20.8 Å². The minimum absolute atomic E-state index is 0.0909. The number of rotatable bonds is 7. The lowest BCUT2D eigenvalue weighted by atomic mass is 10.00. The Morgan fingerprint density at radius 3 is 2.22 bits per heavy atom. The van der Waals surface area contributed by atoms with Gasteiger partial charge in [-0.25, -0.2) is 0 Å². The van der Waals surface area contributed by atoms with Crippen LogP contribution < -0.4 is 10.6 Å². The summed E-state index contributed by atoms with van der Waals surface area (Å²) in [5.74, 6) is 0.0909. The minimum Gasteiger partial charge on any atom is -0.379 e. The Morgan fingerprint density at radius 2 is 1.78 bits per heavy atom. The van der Waals surface area contributed by atoms with Gasteiger partial charge in [-0.05, 0) is 48.0 Å². The van der Waals surface area contributed by atoms with Crippen LogP contribution in [0.5, 0.6) is 0 Å². The van der Waals surface area contributed by atoms with Crippen LogP contribution in [0.4, 0.5) is 0 Å². The lowest BCUT2D eigenvalue weighted by Gasteiger charge is -2.27. The molecule has 0 fully saturated rings. The molecule has 1 amide bonds. The normalized spacial score (nSPS) is 14.4. The fourth-order valence-electron chi connectivity index (χ4n) is 1.81. The van der Waals surface area contributed by atoms with Crippen molar-refractivity contribution >= 4 is 5.91 Å². The molecule has 1 unspecified atom stereocenters. The van der Waals surface area contributed by atoms with Gasteiger partial charge in [0.05, 0.1) is 5.60 Å². The summed E-state index contributed by atoms with van der Waals surface area (Å²) in [4.78, 5) is 11.6. The topological polar surface area (TPSA) is 50.4 Å². The Morgan fingerprint density at radius 1 is 1.22 bits per heavy atom. The highest BCUT2D eigenvalue weighted by atomic mass is 16.5. The maximum Gasteiger partial charge on any atom is 0.221 e. The van der Waals surface area contributed by atoms with Gasteiger partial charge in [0.2, 0.25) is 5.91 Å². The standard InChI is InChI=1S/C14H30N2O2/c1-11(10-14(5,6)18-7)15-9-8-12(17)16-13(2,3)4/h11,15H,8-10H2,1-7H3,(H,16,17). The van der Waals surface area contributed by atoms with Gasteiger partial charge in [0.25, 0.3) is 0 Å². The monoisotopic (exact) mass is 258 g/mol. The molecule has 4 heteroatoms. The summed E-state index contributed by atoms with van der Waals surface area (Å²) in [5.41, 5.74) is -0.277. The Labute approximate surface area is 112 Å². The third-order valence-corrected chi connectivity index (χ3v) is 2.71. The second kappa shape index (κ2) is 7.10. The lowest BCUT2D eigenvalue weighted by molar-refractivity contribution is -0.122. The van der Waals surface area contributed by atoms with E-state index in [1.54, 1.807) is 7.11 Å². The van der Waals surface area contributed by atoms with Crippen LogP contribution >= 0.6 is 0 Å². The van der Waals surface area contributed by atoms with Gasteiger partial charge in [0.1, 0.15) is 0 Å². The zero-order valence-electron chi connectivity index (χ0n) is 13.0. The van der Waals surface area contributed by atoms with E-state index in [2.05, 4.69) is 31.4 Å². The molecule has 0 bridgehead atoms. The van der Waals surface area contributed by atoms with E-state index in [1.165, 1.54) is 0 Å². The smallest absolute Gasteiger partial charge is 0.221 e. The zero-order chi connectivity index (χ0) is 14.4. The van der Waals surface area contributed by atoms with Crippen molar-refractivity contribution in [2.45, 2.75) is 71.6 Å². The number of methoxy groups -OCH3 is 1. The van der Waals surface area contributed by atoms with E-state index in [-0.39, 0.29) is 17.0 Å². The first-order valence-corrected chi connectivity index (χ1v) is 6.65. The molecule has 0 radical (unpaired) electrons. The largest absolute Gasteiger partial charge is 0.379 e. The van der Waals surface area contributed by atoms with Gasteiger partial charge < -0.3 is 15.4 Å². The molecule has 0 saturated heterocycles. The van der Waals surface area contributed by atoms with Crippen LogP contribution in [-0.2, 0) is 9.53 Å². The van der Waals surface area contributed by atoms with E-state index >= 15 is 0 Å². The molecule has 0 aliphatic carbocycles. The molecule has 0 saturated carbocycles. The predicted octanol–water partition coefficient (Wildman–Crippen LogP) is 2.08. The summed E-state index contributed by atoms with van der Waals surface area (Å²) in [6.45, 7) is 12.9. The van der Waals surface area contributed by atoms with E-state index in [9.17, 15) is 4.79 Å². The van der Waals surface area contributed by atoms with Crippen LogP contribution in [0, 0.1) is 0 Å². The van der Waals surface area contributed by atoms with Crippen LogP contribution in [0.1, 0.15) is 54.4 Å². The van der Waals surface area contributed by atoms with Crippen molar-refractivity contribution in [1.29, 1.82) is 0 Å². The van der Waals surface area contributed by atoms with Crippen molar-refractivity contribution in [3.05, 3.63) is 0 Å². The number of nitrogens with one attached hydrogen (secondary N) is 2. The summed E-state index contributed by atoms with van der Waals surface area (Å²) in [5, 5.41) is 6.30. The first-order valence-electron chi connectivity index (χ1n) is 6.65. The third-order valence-electron chi connectivity index (χ3n) is 2.71. The molecule has 0 aliphatic heterocycles. The minimum atomic E-state index is -0.152. The highest BCUT2D eigenvalue weighted by Crippen LogP contribution is 2.15. The van der Waals surface area contributed by atoms with Crippen molar-refractivity contribution < 1.29 is 9.53 Å². The molecule has 1 atom stereocenters. The Kier molecular flexibility index (Phi) is 6.86. The Balaban J connectivity index is 3.81. The Bertz CT molecular complexity index is 257. The number of hydrogen-bond acceptors (Lipinski definition) is 3. The van der Waals surface area contributed by atoms with Crippen LogP contribution in [0.15, 0.2) is 0 Å². The van der Waals surface area contributed by atoms with E-state index in [4.69, 9.17) is 4.74 Å². The first-order chi connectivity index (χ1) is 8.06. The Hall–Kier alpha value is -0.610. The molecule has 18 heavy (non-hydrogen) atoms. The number of hydrogen-bond donors (Lipinski definition) is 2. The molecule has 0 heterocycles. The summed E-state index contributed by atoms with van der Waals surface area (Å²) >= 11 is 0. The molecule has 0 aliphatic rings. The molecular formula is C14H30N2O2. The molecule has 0 aromatic rings. The van der Waals surface area contributed by atoms with Crippen molar-refractivity contribution in [2.75, 3.05) is 13.7 Å². The fourth-order valence-corrected chi connectivity index (χ4v) is 1.81. The summed E-state index contributed by atoms with van der Waals surface area (Å²) in [7, 11) is 1.73. The average molecular weight is 258 g/mol. The molecule has 4 nitrogen and oxygen atoms in total. The number of amides is 1. The van der Waals surface area contributed by atoms with E-state index < -0.39 is 0 Å². The van der Waals surface area contributed by atoms with Gasteiger partial charge >= 0.3 is 0 Å². The summed E-state index contributed by atoms with van der Waals surface area (Å²) in [6.07, 6.45) is 1.43. The molecule has 0 aromatic heterocycles. The molecule has 0 aromatic carbocycles. The van der Waals surface area contributed by atoms with Crippen molar-refractivity contribution in [2.24, 2.45) is 0 Å². The highest BCUT2D eigenvalue weighted by molar-refractivity contribution is 5.76. The maximum atomic E-state index is 11.6. The van der Waals surface area contributed by atoms with Crippen LogP contribution in [0.3, 0.4) is 0 Å². The first kappa shape index (κ1) is 17.4. The van der Waals surface area contributed by atoms with Crippen LogP contribution in [0.2, 0.25) is 0 Å². The quantitative estimate of drug-likeness (QED) is 0.735. The fraction of sp³-hybridized carbons (Fsp3) is 0.929. The number of carbonyl (C=O) groups is 1. The van der Waals surface area contributed by atoms with Crippen molar-refractivity contribution in [1.82, 2.24) is 10.6 Å². The van der Waals surface area contributed by atoms with E-state index in [0.717, 1.165) is 6.42 Å². The highest BCUT2D eigenvalue weighted by Gasteiger charge is 2.20. The van der Waals surface area contributed by atoms with Crippen LogP contribution in [0.25, 0.3) is 0 Å². The maximum absolute atomic E-state index is 11.6. The lowest BCUT2D eigenvalue weighted by Crippen LogP contribution is -2.42. The van der Waals surface area contributed by atoms with Gasteiger partial charge in [-0.3, -0.25) is 4.79 Å². The predicted molar refractivity (Wildman–Crippen MR) is 75.7 cm³/mol. The molecule has 0 rings (SSSR count). The molecule has 108 valence electrons. The van der Waals surface area contributed by atoms with Gasteiger partial charge in [-0.1, -0.05) is 0 Å². The molecular weight excluding hydrogens is 228 g/mol. The summed E-state index contributed by atoms with van der Waals surface area (Å²) < 4.78 is 5.38. The summed E-state index contributed by atoms with van der Waals surface area (Å²) in [6, 6.07) is 0.336. The average Bonchev–Trinajstić information content (AvgIpc) is 2.13. The SMILES string of the molecule is COC(C)(C)CC(C)NCCC(=O)NC(C)(C)C. The second-order valence-corrected chi connectivity index (χ2v) is 6.57. The van der Waals surface area contributed by atoms with E-state index in [0.29, 0.717) is 19.0 Å². The van der Waals surface area contributed by atoms with Gasteiger partial charge in [-0.2, -0.15) is 0 Å². The second-order valence-electron chi connectivity index (χ2n) is 6.57. The molecule has 2 N–H and O–H groups in total. The number of ether oxygens (including phenoxy) is 1. The molecule has 0 spiro atoms.